The summed E-state index contributed by atoms with van der Waals surface area (Å²) in [6, 6.07) is 0. The molecular weight excluding hydrogens is 179 g/mol. The van der Waals surface area contributed by atoms with E-state index in [-0.39, 0.29) is 6.10 Å². The smallest absolute Gasteiger partial charge is 0.0608 e. The number of hydrogen-bond acceptors (Lipinski definition) is 3. The molecule has 0 aromatic heterocycles. The molecule has 3 unspecified atom stereocenters. The van der Waals surface area contributed by atoms with Gasteiger partial charge in [-0.25, -0.2) is 0 Å². The Hall–Kier alpha value is -0.0551. The fourth-order valence-electron chi connectivity index (χ4n) is 2.41. The maximum absolute atomic E-state index is 10.5. The summed E-state index contributed by atoms with van der Waals surface area (Å²) in [5.41, 5.74) is 0. The summed E-state index contributed by atoms with van der Waals surface area (Å²) in [7, 11) is -2.12. The quantitative estimate of drug-likeness (QED) is 0.607. The summed E-state index contributed by atoms with van der Waals surface area (Å²) in [5, 5.41) is 21.0. The standard InChI is InChI=1S/C10H19BO3/c1-7(2)9-5-4-8(3)6-10(9)14-11(12)13/h7-10H,4-6H2,1-3H3/q-2. The first-order valence-electron chi connectivity index (χ1n) is 5.47. The molecule has 1 aliphatic rings. The molecule has 0 bridgehead atoms. The van der Waals surface area contributed by atoms with Crippen LogP contribution in [0.4, 0.5) is 0 Å². The molecule has 0 aromatic rings. The van der Waals surface area contributed by atoms with Crippen molar-refractivity contribution in [3.63, 3.8) is 0 Å². The van der Waals surface area contributed by atoms with Gasteiger partial charge in [-0.1, -0.05) is 27.2 Å². The molecule has 4 heteroatoms. The topological polar surface area (TPSA) is 55.3 Å². The Kier molecular flexibility index (Phi) is 4.42. The van der Waals surface area contributed by atoms with Gasteiger partial charge in [-0.3, -0.25) is 0 Å². The highest BCUT2D eigenvalue weighted by Gasteiger charge is 2.30. The van der Waals surface area contributed by atoms with Gasteiger partial charge in [-0.2, -0.15) is 0 Å². The Bertz CT molecular complexity index is 171. The minimum Gasteiger partial charge on any atom is -0.871 e. The summed E-state index contributed by atoms with van der Waals surface area (Å²) in [6.45, 7) is 6.40. The van der Waals surface area contributed by atoms with E-state index >= 15 is 0 Å². The van der Waals surface area contributed by atoms with Crippen LogP contribution in [0.25, 0.3) is 0 Å². The maximum atomic E-state index is 10.5. The molecule has 0 heterocycles. The summed E-state index contributed by atoms with van der Waals surface area (Å²) in [5.74, 6) is 1.46. The van der Waals surface area contributed by atoms with E-state index < -0.39 is 7.32 Å². The second-order valence-electron chi connectivity index (χ2n) is 4.79. The summed E-state index contributed by atoms with van der Waals surface area (Å²) in [4.78, 5) is 0. The fourth-order valence-corrected chi connectivity index (χ4v) is 2.41. The van der Waals surface area contributed by atoms with Crippen molar-refractivity contribution < 1.29 is 14.7 Å². The van der Waals surface area contributed by atoms with Gasteiger partial charge in [0.15, 0.2) is 0 Å². The van der Waals surface area contributed by atoms with Crippen molar-refractivity contribution in [2.45, 2.75) is 46.1 Å². The van der Waals surface area contributed by atoms with Crippen molar-refractivity contribution in [2.24, 2.45) is 17.8 Å². The van der Waals surface area contributed by atoms with E-state index in [1.807, 2.05) is 0 Å². The molecule has 0 radical (unpaired) electrons. The Labute approximate surface area is 86.6 Å². The first-order chi connectivity index (χ1) is 6.50. The molecule has 0 spiro atoms. The van der Waals surface area contributed by atoms with E-state index in [4.69, 9.17) is 4.65 Å². The third-order valence-corrected chi connectivity index (χ3v) is 3.25. The zero-order valence-electron chi connectivity index (χ0n) is 9.23. The van der Waals surface area contributed by atoms with Crippen molar-refractivity contribution in [1.29, 1.82) is 0 Å². The lowest BCUT2D eigenvalue weighted by Crippen LogP contribution is -2.52. The highest BCUT2D eigenvalue weighted by atomic mass is 16.6. The van der Waals surface area contributed by atoms with Crippen LogP contribution in [-0.4, -0.2) is 13.4 Å². The van der Waals surface area contributed by atoms with Crippen molar-refractivity contribution in [1.82, 2.24) is 0 Å². The van der Waals surface area contributed by atoms with E-state index in [0.717, 1.165) is 12.8 Å². The van der Waals surface area contributed by atoms with E-state index in [1.165, 1.54) is 6.42 Å². The molecule has 1 fully saturated rings. The first kappa shape index (κ1) is 12.0. The van der Waals surface area contributed by atoms with Gasteiger partial charge in [0, 0.05) is 6.10 Å². The minimum absolute atomic E-state index is 0.112. The Morgan fingerprint density at radius 3 is 2.43 bits per heavy atom. The minimum atomic E-state index is -2.12. The van der Waals surface area contributed by atoms with Crippen LogP contribution in [0.5, 0.6) is 0 Å². The molecule has 0 N–H and O–H groups in total. The van der Waals surface area contributed by atoms with E-state index in [2.05, 4.69) is 20.8 Å². The third-order valence-electron chi connectivity index (χ3n) is 3.25. The second kappa shape index (κ2) is 5.15. The SMILES string of the molecule is CC1CCC(C(C)C)C(OB([O-])[O-])C1. The third kappa shape index (κ3) is 3.26. The van der Waals surface area contributed by atoms with Crippen LogP contribution in [-0.2, 0) is 4.65 Å². The molecule has 82 valence electrons. The fraction of sp³-hybridized carbons (Fsp3) is 1.00. The highest BCUT2D eigenvalue weighted by molar-refractivity contribution is 6.28. The van der Waals surface area contributed by atoms with Gasteiger partial charge >= 0.3 is 0 Å². The largest absolute Gasteiger partial charge is 0.871 e. The number of rotatable bonds is 3. The molecule has 0 aliphatic heterocycles. The van der Waals surface area contributed by atoms with Crippen molar-refractivity contribution in [3.8, 4) is 0 Å². The van der Waals surface area contributed by atoms with Gasteiger partial charge in [0.25, 0.3) is 0 Å². The van der Waals surface area contributed by atoms with Crippen LogP contribution in [0.2, 0.25) is 0 Å². The second-order valence-corrected chi connectivity index (χ2v) is 4.79. The molecule has 0 saturated heterocycles. The molecule has 1 rings (SSSR count). The van der Waals surface area contributed by atoms with Gasteiger partial charge in [0.05, 0.1) is 7.32 Å². The van der Waals surface area contributed by atoms with Gasteiger partial charge in [0.1, 0.15) is 0 Å². The van der Waals surface area contributed by atoms with Gasteiger partial charge in [-0.15, -0.1) is 0 Å². The Balaban J connectivity index is 2.54. The zero-order valence-corrected chi connectivity index (χ0v) is 9.23. The average molecular weight is 198 g/mol. The summed E-state index contributed by atoms with van der Waals surface area (Å²) < 4.78 is 4.92. The Morgan fingerprint density at radius 1 is 1.29 bits per heavy atom. The lowest BCUT2D eigenvalue weighted by atomic mass is 9.75. The monoisotopic (exact) mass is 198 g/mol. The van der Waals surface area contributed by atoms with E-state index in [9.17, 15) is 10.0 Å². The van der Waals surface area contributed by atoms with Crippen LogP contribution in [0, 0.1) is 17.8 Å². The molecule has 3 atom stereocenters. The number of hydrogen-bond donors (Lipinski definition) is 0. The van der Waals surface area contributed by atoms with E-state index in [0.29, 0.717) is 17.8 Å². The molecule has 1 saturated carbocycles. The van der Waals surface area contributed by atoms with E-state index in [1.54, 1.807) is 0 Å². The normalized spacial score (nSPS) is 33.4. The maximum Gasteiger partial charge on any atom is 0.0608 e. The van der Waals surface area contributed by atoms with Crippen molar-refractivity contribution in [3.05, 3.63) is 0 Å². The van der Waals surface area contributed by atoms with Crippen LogP contribution in [0.15, 0.2) is 0 Å². The van der Waals surface area contributed by atoms with Crippen LogP contribution >= 0.6 is 0 Å². The first-order valence-corrected chi connectivity index (χ1v) is 5.47. The summed E-state index contributed by atoms with van der Waals surface area (Å²) >= 11 is 0. The average Bonchev–Trinajstić information content (AvgIpc) is 2.01. The van der Waals surface area contributed by atoms with Crippen LogP contribution in [0.3, 0.4) is 0 Å². The highest BCUT2D eigenvalue weighted by Crippen LogP contribution is 2.34. The van der Waals surface area contributed by atoms with Crippen LogP contribution in [0.1, 0.15) is 40.0 Å². The van der Waals surface area contributed by atoms with Gasteiger partial charge < -0.3 is 14.7 Å². The van der Waals surface area contributed by atoms with Crippen LogP contribution < -0.4 is 10.0 Å². The lowest BCUT2D eigenvalue weighted by Gasteiger charge is -2.42. The molecule has 0 amide bonds. The van der Waals surface area contributed by atoms with Gasteiger partial charge in [0.2, 0.25) is 0 Å². The predicted octanol–water partition coefficient (Wildman–Crippen LogP) is 0.169. The molecule has 0 aromatic carbocycles. The lowest BCUT2D eigenvalue weighted by molar-refractivity contribution is -0.387. The van der Waals surface area contributed by atoms with Gasteiger partial charge in [-0.05, 0) is 30.6 Å². The zero-order chi connectivity index (χ0) is 10.7. The molecular formula is C10H19BO3-2. The Morgan fingerprint density at radius 2 is 1.93 bits per heavy atom. The van der Waals surface area contributed by atoms with Crippen molar-refractivity contribution >= 4 is 7.32 Å². The molecule has 3 nitrogen and oxygen atoms in total. The predicted molar refractivity (Wildman–Crippen MR) is 52.0 cm³/mol. The molecule has 1 aliphatic carbocycles. The molecule has 14 heavy (non-hydrogen) atoms. The van der Waals surface area contributed by atoms with Crippen molar-refractivity contribution in [2.75, 3.05) is 0 Å². The summed E-state index contributed by atoms with van der Waals surface area (Å²) in [6.07, 6.45) is 3.02.